The van der Waals surface area contributed by atoms with E-state index >= 15 is 0 Å². The van der Waals surface area contributed by atoms with Gasteiger partial charge in [0.05, 0.1) is 14.2 Å². The number of rotatable bonds is 7. The van der Waals surface area contributed by atoms with Gasteiger partial charge in [-0.3, -0.25) is 4.79 Å². The van der Waals surface area contributed by atoms with Gasteiger partial charge < -0.3 is 14.8 Å². The lowest BCUT2D eigenvalue weighted by molar-refractivity contribution is 0.0950. The van der Waals surface area contributed by atoms with E-state index in [1.165, 1.54) is 16.7 Å². The Hall–Kier alpha value is -2.49. The van der Waals surface area contributed by atoms with Gasteiger partial charge in [-0.15, -0.1) is 0 Å². The van der Waals surface area contributed by atoms with Crippen LogP contribution in [0.15, 0.2) is 36.4 Å². The largest absolute Gasteiger partial charge is 0.497 e. The smallest absolute Gasteiger partial charge is 0.251 e. The summed E-state index contributed by atoms with van der Waals surface area (Å²) in [5.74, 6) is 1.06. The molecule has 128 valence electrons. The molecule has 0 radical (unpaired) electrons. The number of hydrogen-bond acceptors (Lipinski definition) is 3. The molecule has 0 saturated carbocycles. The summed E-state index contributed by atoms with van der Waals surface area (Å²) in [4.78, 5) is 12.5. The van der Waals surface area contributed by atoms with Gasteiger partial charge in [0.1, 0.15) is 11.5 Å². The van der Waals surface area contributed by atoms with Crippen LogP contribution in [0.4, 0.5) is 0 Å². The average Bonchev–Trinajstić information content (AvgIpc) is 2.65. The van der Waals surface area contributed by atoms with Crippen molar-refractivity contribution in [2.75, 3.05) is 14.2 Å². The summed E-state index contributed by atoms with van der Waals surface area (Å²) in [6.07, 6.45) is 1.93. The summed E-state index contributed by atoms with van der Waals surface area (Å²) < 4.78 is 10.4. The highest BCUT2D eigenvalue weighted by Gasteiger charge is 2.11. The molecular weight excluding hydrogens is 302 g/mol. The van der Waals surface area contributed by atoms with E-state index in [9.17, 15) is 4.79 Å². The second-order valence-electron chi connectivity index (χ2n) is 5.59. The van der Waals surface area contributed by atoms with Gasteiger partial charge in [-0.05, 0) is 41.7 Å². The van der Waals surface area contributed by atoms with E-state index < -0.39 is 0 Å². The van der Waals surface area contributed by atoms with Crippen molar-refractivity contribution >= 4 is 5.91 Å². The standard InChI is InChI=1S/C20H25NO3/c1-5-14-7-8-15(6-2)17(9-14)13-21-20(22)16-10-18(23-3)12-19(11-16)24-4/h7-12H,5-6,13H2,1-4H3,(H,21,22). The molecule has 2 aromatic carbocycles. The zero-order valence-electron chi connectivity index (χ0n) is 14.8. The molecule has 2 aromatic rings. The molecule has 1 N–H and O–H groups in total. The van der Waals surface area contributed by atoms with Crippen molar-refractivity contribution in [3.8, 4) is 11.5 Å². The molecule has 1 amide bonds. The van der Waals surface area contributed by atoms with Gasteiger partial charge in [-0.25, -0.2) is 0 Å². The molecular formula is C20H25NO3. The van der Waals surface area contributed by atoms with Crippen molar-refractivity contribution in [3.63, 3.8) is 0 Å². The minimum absolute atomic E-state index is 0.142. The van der Waals surface area contributed by atoms with Crippen molar-refractivity contribution in [1.82, 2.24) is 5.32 Å². The highest BCUT2D eigenvalue weighted by molar-refractivity contribution is 5.95. The Morgan fingerprint density at radius 2 is 1.58 bits per heavy atom. The molecule has 2 rings (SSSR count). The van der Waals surface area contributed by atoms with Crippen LogP contribution in [0.2, 0.25) is 0 Å². The van der Waals surface area contributed by atoms with Gasteiger partial charge in [0, 0.05) is 18.2 Å². The Bertz CT molecular complexity index is 688. The van der Waals surface area contributed by atoms with Gasteiger partial charge in [-0.2, -0.15) is 0 Å². The van der Waals surface area contributed by atoms with Gasteiger partial charge in [-0.1, -0.05) is 32.0 Å². The molecule has 0 aliphatic heterocycles. The second kappa shape index (κ2) is 8.39. The maximum absolute atomic E-state index is 12.5. The molecule has 0 unspecified atom stereocenters. The normalized spacial score (nSPS) is 10.3. The molecule has 0 aliphatic rings. The Morgan fingerprint density at radius 1 is 0.917 bits per heavy atom. The van der Waals surface area contributed by atoms with E-state index in [1.807, 2.05) is 0 Å². The molecule has 0 saturated heterocycles. The lowest BCUT2D eigenvalue weighted by Gasteiger charge is -2.12. The summed E-state index contributed by atoms with van der Waals surface area (Å²) in [7, 11) is 3.14. The topological polar surface area (TPSA) is 47.6 Å². The SMILES string of the molecule is CCc1ccc(CC)c(CNC(=O)c2cc(OC)cc(OC)c2)c1. The number of aryl methyl sites for hydroxylation is 2. The maximum atomic E-state index is 12.5. The van der Waals surface area contributed by atoms with E-state index in [2.05, 4.69) is 37.4 Å². The second-order valence-corrected chi connectivity index (χ2v) is 5.59. The van der Waals surface area contributed by atoms with Crippen molar-refractivity contribution in [1.29, 1.82) is 0 Å². The third-order valence-electron chi connectivity index (χ3n) is 4.11. The Balaban J connectivity index is 2.16. The Kier molecular flexibility index (Phi) is 6.24. The van der Waals surface area contributed by atoms with Crippen LogP contribution in [0, 0.1) is 0 Å². The molecule has 0 heterocycles. The molecule has 0 spiro atoms. The van der Waals surface area contributed by atoms with Crippen molar-refractivity contribution < 1.29 is 14.3 Å². The Labute approximate surface area is 143 Å². The first kappa shape index (κ1) is 17.9. The maximum Gasteiger partial charge on any atom is 0.251 e. The number of nitrogens with one attached hydrogen (secondary N) is 1. The number of benzene rings is 2. The van der Waals surface area contributed by atoms with Crippen molar-refractivity contribution in [2.24, 2.45) is 0 Å². The summed E-state index contributed by atoms with van der Waals surface area (Å²) in [5.41, 5.74) is 4.23. The minimum atomic E-state index is -0.142. The predicted molar refractivity (Wildman–Crippen MR) is 95.9 cm³/mol. The number of methoxy groups -OCH3 is 2. The van der Waals surface area contributed by atoms with Gasteiger partial charge in [0.2, 0.25) is 0 Å². The van der Waals surface area contributed by atoms with Crippen molar-refractivity contribution in [2.45, 2.75) is 33.2 Å². The van der Waals surface area contributed by atoms with Gasteiger partial charge >= 0.3 is 0 Å². The van der Waals surface area contributed by atoms with E-state index in [4.69, 9.17) is 9.47 Å². The number of hydrogen-bond donors (Lipinski definition) is 1. The van der Waals surface area contributed by atoms with Crippen LogP contribution in [-0.4, -0.2) is 20.1 Å². The number of amides is 1. The third kappa shape index (κ3) is 4.28. The fourth-order valence-corrected chi connectivity index (χ4v) is 2.62. The molecule has 0 fully saturated rings. The van der Waals surface area contributed by atoms with Crippen LogP contribution < -0.4 is 14.8 Å². The van der Waals surface area contributed by atoms with E-state index in [0.29, 0.717) is 23.6 Å². The quantitative estimate of drug-likeness (QED) is 0.842. The first-order valence-corrected chi connectivity index (χ1v) is 8.23. The lowest BCUT2D eigenvalue weighted by Crippen LogP contribution is -2.23. The summed E-state index contributed by atoms with van der Waals surface area (Å²) in [5, 5.41) is 2.99. The first-order valence-electron chi connectivity index (χ1n) is 8.23. The van der Waals surface area contributed by atoms with E-state index in [1.54, 1.807) is 32.4 Å². The molecule has 0 atom stereocenters. The zero-order valence-corrected chi connectivity index (χ0v) is 14.8. The average molecular weight is 327 g/mol. The lowest BCUT2D eigenvalue weighted by atomic mass is 10.0. The predicted octanol–water partition coefficient (Wildman–Crippen LogP) is 3.76. The van der Waals surface area contributed by atoms with E-state index in [0.717, 1.165) is 12.8 Å². The fraction of sp³-hybridized carbons (Fsp3) is 0.350. The zero-order chi connectivity index (χ0) is 17.5. The minimum Gasteiger partial charge on any atom is -0.497 e. The first-order chi connectivity index (χ1) is 11.6. The van der Waals surface area contributed by atoms with Crippen LogP contribution in [0.1, 0.15) is 40.9 Å². The Morgan fingerprint density at radius 3 is 2.12 bits per heavy atom. The highest BCUT2D eigenvalue weighted by Crippen LogP contribution is 2.22. The van der Waals surface area contributed by atoms with Crippen LogP contribution in [0.3, 0.4) is 0 Å². The van der Waals surface area contributed by atoms with Crippen LogP contribution in [-0.2, 0) is 19.4 Å². The van der Waals surface area contributed by atoms with Crippen LogP contribution in [0.25, 0.3) is 0 Å². The van der Waals surface area contributed by atoms with Gasteiger partial charge in [0.25, 0.3) is 5.91 Å². The summed E-state index contributed by atoms with van der Waals surface area (Å²) in [6.45, 7) is 4.76. The monoisotopic (exact) mass is 327 g/mol. The molecule has 0 bridgehead atoms. The molecule has 0 aromatic heterocycles. The molecule has 4 heteroatoms. The number of carbonyl (C=O) groups excluding carboxylic acids is 1. The van der Waals surface area contributed by atoms with E-state index in [-0.39, 0.29) is 5.91 Å². The summed E-state index contributed by atoms with van der Waals surface area (Å²) >= 11 is 0. The van der Waals surface area contributed by atoms with Crippen LogP contribution in [0.5, 0.6) is 11.5 Å². The molecule has 24 heavy (non-hydrogen) atoms. The van der Waals surface area contributed by atoms with Crippen molar-refractivity contribution in [3.05, 3.63) is 58.7 Å². The molecule has 0 aliphatic carbocycles. The van der Waals surface area contributed by atoms with Gasteiger partial charge in [0.15, 0.2) is 0 Å². The summed E-state index contributed by atoms with van der Waals surface area (Å²) in [6, 6.07) is 11.6. The van der Waals surface area contributed by atoms with Crippen LogP contribution >= 0.6 is 0 Å². The molecule has 4 nitrogen and oxygen atoms in total. The number of carbonyl (C=O) groups is 1. The third-order valence-corrected chi connectivity index (χ3v) is 4.11. The fourth-order valence-electron chi connectivity index (χ4n) is 2.62. The number of ether oxygens (including phenoxy) is 2. The highest BCUT2D eigenvalue weighted by atomic mass is 16.5.